The van der Waals surface area contributed by atoms with E-state index >= 15 is 0 Å². The van der Waals surface area contributed by atoms with E-state index in [1.54, 1.807) is 11.3 Å². The van der Waals surface area contributed by atoms with Gasteiger partial charge in [0.1, 0.15) is 5.01 Å². The Hall–Kier alpha value is -0.410. The Morgan fingerprint density at radius 3 is 2.60 bits per heavy atom. The second-order valence-electron chi connectivity index (χ2n) is 4.96. The molecule has 1 atom stereocenters. The van der Waals surface area contributed by atoms with E-state index in [9.17, 15) is 0 Å². The molecule has 0 radical (unpaired) electrons. The van der Waals surface area contributed by atoms with Gasteiger partial charge in [0, 0.05) is 5.38 Å². The molecule has 3 heteroatoms. The van der Waals surface area contributed by atoms with Crippen LogP contribution in [-0.4, -0.2) is 12.0 Å². The van der Waals surface area contributed by atoms with Crippen LogP contribution in [0.1, 0.15) is 50.2 Å². The molecule has 1 saturated carbocycles. The van der Waals surface area contributed by atoms with E-state index in [2.05, 4.69) is 38.5 Å². The Balaban J connectivity index is 2.26. The van der Waals surface area contributed by atoms with Crippen molar-refractivity contribution in [3.8, 4) is 0 Å². The fraction of sp³-hybridized carbons (Fsp3) is 0.750. The highest BCUT2D eigenvalue weighted by Gasteiger charge is 2.43. The summed E-state index contributed by atoms with van der Waals surface area (Å²) in [5, 5.41) is 6.92. The first-order chi connectivity index (χ1) is 7.08. The highest BCUT2D eigenvalue weighted by molar-refractivity contribution is 7.09. The van der Waals surface area contributed by atoms with Crippen molar-refractivity contribution in [3.05, 3.63) is 16.1 Å². The molecule has 0 aromatic carbocycles. The lowest BCUT2D eigenvalue weighted by molar-refractivity contribution is 0.343. The van der Waals surface area contributed by atoms with E-state index in [1.807, 2.05) is 0 Å². The number of rotatable bonds is 4. The monoisotopic (exact) mass is 224 g/mol. The molecule has 2 nitrogen and oxygen atoms in total. The molecule has 84 valence electrons. The summed E-state index contributed by atoms with van der Waals surface area (Å²) < 4.78 is 0. The topological polar surface area (TPSA) is 24.9 Å². The van der Waals surface area contributed by atoms with Crippen LogP contribution in [0.2, 0.25) is 0 Å². The molecule has 15 heavy (non-hydrogen) atoms. The fourth-order valence-electron chi connectivity index (χ4n) is 1.94. The number of thiazole rings is 1. The van der Waals surface area contributed by atoms with Crippen LogP contribution in [0.5, 0.6) is 0 Å². The standard InChI is InChI=1S/C12H20N2S/c1-8(2)10-7-15-11(14-10)12(3,13-4)9-5-6-9/h7-9,13H,5-6H2,1-4H3. The highest BCUT2D eigenvalue weighted by atomic mass is 32.1. The molecular weight excluding hydrogens is 204 g/mol. The summed E-state index contributed by atoms with van der Waals surface area (Å²) in [6.07, 6.45) is 2.68. The van der Waals surface area contributed by atoms with Crippen molar-refractivity contribution < 1.29 is 0 Å². The smallest absolute Gasteiger partial charge is 0.113 e. The van der Waals surface area contributed by atoms with Crippen LogP contribution in [0.4, 0.5) is 0 Å². The summed E-state index contributed by atoms with van der Waals surface area (Å²) in [7, 11) is 2.05. The van der Waals surface area contributed by atoms with E-state index in [0.29, 0.717) is 5.92 Å². The van der Waals surface area contributed by atoms with Crippen molar-refractivity contribution in [2.24, 2.45) is 5.92 Å². The van der Waals surface area contributed by atoms with Gasteiger partial charge >= 0.3 is 0 Å². The molecule has 1 aliphatic carbocycles. The third-order valence-electron chi connectivity index (χ3n) is 3.47. The van der Waals surface area contributed by atoms with E-state index in [4.69, 9.17) is 4.98 Å². The number of hydrogen-bond donors (Lipinski definition) is 1. The van der Waals surface area contributed by atoms with Gasteiger partial charge in [0.05, 0.1) is 11.2 Å². The predicted octanol–water partition coefficient (Wildman–Crippen LogP) is 3.11. The average molecular weight is 224 g/mol. The second-order valence-corrected chi connectivity index (χ2v) is 5.82. The zero-order valence-corrected chi connectivity index (χ0v) is 10.8. The van der Waals surface area contributed by atoms with Crippen LogP contribution >= 0.6 is 11.3 Å². The summed E-state index contributed by atoms with van der Waals surface area (Å²) in [4.78, 5) is 4.77. The van der Waals surface area contributed by atoms with Gasteiger partial charge in [-0.3, -0.25) is 0 Å². The fourth-order valence-corrected chi connectivity index (χ4v) is 3.17. The molecule has 1 aromatic rings. The zero-order valence-electron chi connectivity index (χ0n) is 10.0. The van der Waals surface area contributed by atoms with Crippen molar-refractivity contribution in [2.45, 2.75) is 45.1 Å². The maximum absolute atomic E-state index is 4.77. The third-order valence-corrected chi connectivity index (χ3v) is 4.57. The van der Waals surface area contributed by atoms with Crippen LogP contribution in [0.3, 0.4) is 0 Å². The van der Waals surface area contributed by atoms with Gasteiger partial charge in [-0.2, -0.15) is 0 Å². The SMILES string of the molecule is CNC(C)(c1nc(C(C)C)cs1)C1CC1. The largest absolute Gasteiger partial charge is 0.308 e. The van der Waals surface area contributed by atoms with Crippen molar-refractivity contribution >= 4 is 11.3 Å². The van der Waals surface area contributed by atoms with Gasteiger partial charge < -0.3 is 5.32 Å². The van der Waals surface area contributed by atoms with Crippen molar-refractivity contribution in [2.75, 3.05) is 7.05 Å². The number of hydrogen-bond acceptors (Lipinski definition) is 3. The predicted molar refractivity (Wildman–Crippen MR) is 65.3 cm³/mol. The van der Waals surface area contributed by atoms with Crippen LogP contribution < -0.4 is 5.32 Å². The highest BCUT2D eigenvalue weighted by Crippen LogP contribution is 2.46. The number of nitrogens with zero attached hydrogens (tertiary/aromatic N) is 1. The van der Waals surface area contributed by atoms with E-state index in [0.717, 1.165) is 5.92 Å². The average Bonchev–Trinajstić information content (AvgIpc) is 2.94. The minimum absolute atomic E-state index is 0.109. The van der Waals surface area contributed by atoms with Gasteiger partial charge in [-0.15, -0.1) is 11.3 Å². The van der Waals surface area contributed by atoms with Crippen LogP contribution in [0, 0.1) is 5.92 Å². The molecule has 0 spiro atoms. The van der Waals surface area contributed by atoms with Crippen molar-refractivity contribution in [3.63, 3.8) is 0 Å². The first-order valence-electron chi connectivity index (χ1n) is 5.72. The van der Waals surface area contributed by atoms with Crippen LogP contribution in [0.15, 0.2) is 5.38 Å². The zero-order chi connectivity index (χ0) is 11.1. The normalized spacial score (nSPS) is 20.6. The Morgan fingerprint density at radius 1 is 1.53 bits per heavy atom. The molecule has 0 saturated heterocycles. The van der Waals surface area contributed by atoms with Crippen LogP contribution in [0.25, 0.3) is 0 Å². The summed E-state index contributed by atoms with van der Waals surface area (Å²) >= 11 is 1.80. The Bertz CT molecular complexity index is 341. The van der Waals surface area contributed by atoms with Crippen molar-refractivity contribution in [1.29, 1.82) is 0 Å². The molecule has 1 fully saturated rings. The van der Waals surface area contributed by atoms with Crippen molar-refractivity contribution in [1.82, 2.24) is 10.3 Å². The molecule has 2 rings (SSSR count). The molecule has 1 aromatic heterocycles. The first kappa shape index (κ1) is 11.1. The van der Waals surface area contributed by atoms with E-state index < -0.39 is 0 Å². The summed E-state index contributed by atoms with van der Waals surface area (Å²) in [6.45, 7) is 6.69. The molecule has 0 amide bonds. The third kappa shape index (κ3) is 1.95. The lowest BCUT2D eigenvalue weighted by Crippen LogP contribution is -2.38. The number of aromatic nitrogens is 1. The quantitative estimate of drug-likeness (QED) is 0.850. The first-order valence-corrected chi connectivity index (χ1v) is 6.60. The minimum atomic E-state index is 0.109. The van der Waals surface area contributed by atoms with Gasteiger partial charge in [-0.25, -0.2) is 4.98 Å². The van der Waals surface area contributed by atoms with E-state index in [-0.39, 0.29) is 5.54 Å². The maximum Gasteiger partial charge on any atom is 0.113 e. The van der Waals surface area contributed by atoms with Gasteiger partial charge in [-0.05, 0) is 38.6 Å². The Kier molecular flexibility index (Phi) is 2.86. The molecule has 1 heterocycles. The van der Waals surface area contributed by atoms with Gasteiger partial charge in [0.25, 0.3) is 0 Å². The molecule has 0 bridgehead atoms. The van der Waals surface area contributed by atoms with Gasteiger partial charge in [0.2, 0.25) is 0 Å². The lowest BCUT2D eigenvalue weighted by Gasteiger charge is -2.26. The molecule has 1 unspecified atom stereocenters. The van der Waals surface area contributed by atoms with Crippen LogP contribution in [-0.2, 0) is 5.54 Å². The Labute approximate surface area is 96.1 Å². The summed E-state index contributed by atoms with van der Waals surface area (Å²) in [5.41, 5.74) is 1.34. The molecule has 1 aliphatic rings. The second kappa shape index (κ2) is 3.87. The molecule has 1 N–H and O–H groups in total. The van der Waals surface area contributed by atoms with Gasteiger partial charge in [-0.1, -0.05) is 13.8 Å². The maximum atomic E-state index is 4.77. The molecular formula is C12H20N2S. The summed E-state index contributed by atoms with van der Waals surface area (Å²) in [5.74, 6) is 1.32. The van der Waals surface area contributed by atoms with Gasteiger partial charge in [0.15, 0.2) is 0 Å². The minimum Gasteiger partial charge on any atom is -0.308 e. The number of nitrogens with one attached hydrogen (secondary N) is 1. The van der Waals surface area contributed by atoms with E-state index in [1.165, 1.54) is 23.5 Å². The summed E-state index contributed by atoms with van der Waals surface area (Å²) in [6, 6.07) is 0. The lowest BCUT2D eigenvalue weighted by atomic mass is 9.97. The Morgan fingerprint density at radius 2 is 2.20 bits per heavy atom. The molecule has 0 aliphatic heterocycles.